The van der Waals surface area contributed by atoms with Crippen LogP contribution in [0.2, 0.25) is 0 Å². The summed E-state index contributed by atoms with van der Waals surface area (Å²) in [6.07, 6.45) is 0. The van der Waals surface area contributed by atoms with Gasteiger partial charge in [-0.2, -0.15) is 0 Å². The molecule has 0 atom stereocenters. The van der Waals surface area contributed by atoms with E-state index in [1.807, 2.05) is 0 Å². The molecule has 5 heteroatoms. The largest absolute Gasteiger partial charge is 0.375 e. The second-order valence-electron chi connectivity index (χ2n) is 4.83. The Morgan fingerprint density at radius 3 is 2.80 bits per heavy atom. The molecule has 0 unspecified atom stereocenters. The van der Waals surface area contributed by atoms with Gasteiger partial charge in [0, 0.05) is 25.7 Å². The van der Waals surface area contributed by atoms with Gasteiger partial charge in [-0.1, -0.05) is 30.3 Å². The van der Waals surface area contributed by atoms with Gasteiger partial charge < -0.3 is 10.6 Å². The van der Waals surface area contributed by atoms with Crippen molar-refractivity contribution in [3.63, 3.8) is 0 Å². The zero-order chi connectivity index (χ0) is 13.9. The van der Waals surface area contributed by atoms with Gasteiger partial charge in [-0.25, -0.2) is 0 Å². The molecule has 102 valence electrons. The van der Waals surface area contributed by atoms with E-state index >= 15 is 0 Å². The summed E-state index contributed by atoms with van der Waals surface area (Å²) in [4.78, 5) is 10.6. The van der Waals surface area contributed by atoms with E-state index in [4.69, 9.17) is 0 Å². The second-order valence-corrected chi connectivity index (χ2v) is 4.83. The van der Waals surface area contributed by atoms with Crippen molar-refractivity contribution in [2.45, 2.75) is 19.6 Å². The molecule has 0 radical (unpaired) electrons. The predicted octanol–water partition coefficient (Wildman–Crippen LogP) is 2.81. The molecule has 0 amide bonds. The van der Waals surface area contributed by atoms with E-state index in [-0.39, 0.29) is 10.6 Å². The van der Waals surface area contributed by atoms with Gasteiger partial charge >= 0.3 is 0 Å². The standard InChI is InChI=1S/C15H15N3O2/c19-18(20)15-4-2-1-3-14(15)17-8-11-5-6-12-9-16-10-13(12)7-11/h1-7,16-17H,8-10H2. The van der Waals surface area contributed by atoms with Crippen LogP contribution in [0.5, 0.6) is 0 Å². The fourth-order valence-electron chi connectivity index (χ4n) is 2.44. The molecule has 0 bridgehead atoms. The molecule has 0 aliphatic carbocycles. The number of hydrogen-bond acceptors (Lipinski definition) is 4. The molecule has 1 aliphatic heterocycles. The third-order valence-corrected chi connectivity index (χ3v) is 3.49. The first-order chi connectivity index (χ1) is 9.74. The van der Waals surface area contributed by atoms with Crippen molar-refractivity contribution >= 4 is 11.4 Å². The SMILES string of the molecule is O=[N+]([O-])c1ccccc1NCc1ccc2c(c1)CNC2. The summed E-state index contributed by atoms with van der Waals surface area (Å²) >= 11 is 0. The molecule has 2 N–H and O–H groups in total. The van der Waals surface area contributed by atoms with Gasteiger partial charge in [0.1, 0.15) is 5.69 Å². The van der Waals surface area contributed by atoms with Crippen LogP contribution in [0, 0.1) is 10.1 Å². The Labute approximate surface area is 116 Å². The number of nitrogens with zero attached hydrogens (tertiary/aromatic N) is 1. The fourth-order valence-corrected chi connectivity index (χ4v) is 2.44. The average molecular weight is 269 g/mol. The first kappa shape index (κ1) is 12.6. The number of nitro benzene ring substituents is 1. The highest BCUT2D eigenvalue weighted by molar-refractivity contribution is 5.61. The Kier molecular flexibility index (Phi) is 3.35. The molecule has 2 aromatic carbocycles. The molecule has 0 fully saturated rings. The number of nitro groups is 1. The summed E-state index contributed by atoms with van der Waals surface area (Å²) in [6.45, 7) is 2.40. The minimum atomic E-state index is -0.366. The maximum absolute atomic E-state index is 10.9. The van der Waals surface area contributed by atoms with Crippen LogP contribution in [0.1, 0.15) is 16.7 Å². The van der Waals surface area contributed by atoms with Crippen LogP contribution in [-0.2, 0) is 19.6 Å². The van der Waals surface area contributed by atoms with E-state index in [0.29, 0.717) is 12.2 Å². The average Bonchev–Trinajstić information content (AvgIpc) is 2.92. The molecule has 0 spiro atoms. The van der Waals surface area contributed by atoms with Crippen molar-refractivity contribution in [2.24, 2.45) is 0 Å². The van der Waals surface area contributed by atoms with Gasteiger partial charge in [0.2, 0.25) is 0 Å². The number of nitrogens with one attached hydrogen (secondary N) is 2. The fraction of sp³-hybridized carbons (Fsp3) is 0.200. The summed E-state index contributed by atoms with van der Waals surface area (Å²) in [7, 11) is 0. The van der Waals surface area contributed by atoms with Crippen LogP contribution in [0.15, 0.2) is 42.5 Å². The Hall–Kier alpha value is -2.40. The summed E-state index contributed by atoms with van der Waals surface area (Å²) in [5.41, 5.74) is 4.43. The first-order valence-electron chi connectivity index (χ1n) is 6.53. The molecule has 0 saturated heterocycles. The van der Waals surface area contributed by atoms with E-state index in [1.54, 1.807) is 18.2 Å². The Morgan fingerprint density at radius 2 is 1.95 bits per heavy atom. The maximum Gasteiger partial charge on any atom is 0.292 e. The lowest BCUT2D eigenvalue weighted by Crippen LogP contribution is -2.03. The minimum Gasteiger partial charge on any atom is -0.375 e. The van der Waals surface area contributed by atoms with Gasteiger partial charge in [0.05, 0.1) is 4.92 Å². The van der Waals surface area contributed by atoms with Crippen LogP contribution in [0.4, 0.5) is 11.4 Å². The van der Waals surface area contributed by atoms with Crippen LogP contribution < -0.4 is 10.6 Å². The summed E-state index contributed by atoms with van der Waals surface area (Å²) in [5.74, 6) is 0. The van der Waals surface area contributed by atoms with Crippen molar-refractivity contribution in [1.29, 1.82) is 0 Å². The lowest BCUT2D eigenvalue weighted by atomic mass is 10.1. The van der Waals surface area contributed by atoms with Gasteiger partial charge in [-0.05, 0) is 22.8 Å². The third-order valence-electron chi connectivity index (χ3n) is 3.49. The first-order valence-corrected chi connectivity index (χ1v) is 6.53. The van der Waals surface area contributed by atoms with Crippen molar-refractivity contribution in [1.82, 2.24) is 5.32 Å². The molecule has 5 nitrogen and oxygen atoms in total. The van der Waals surface area contributed by atoms with E-state index in [9.17, 15) is 10.1 Å². The van der Waals surface area contributed by atoms with E-state index in [1.165, 1.54) is 17.2 Å². The zero-order valence-corrected chi connectivity index (χ0v) is 10.9. The Bertz CT molecular complexity index is 655. The van der Waals surface area contributed by atoms with E-state index in [0.717, 1.165) is 18.7 Å². The Morgan fingerprint density at radius 1 is 1.15 bits per heavy atom. The second kappa shape index (κ2) is 5.30. The number of para-hydroxylation sites is 2. The number of fused-ring (bicyclic) bond motifs is 1. The molecule has 2 aromatic rings. The van der Waals surface area contributed by atoms with Crippen LogP contribution in [0.25, 0.3) is 0 Å². The molecule has 0 aromatic heterocycles. The van der Waals surface area contributed by atoms with Crippen molar-refractivity contribution < 1.29 is 4.92 Å². The number of rotatable bonds is 4. The maximum atomic E-state index is 10.9. The monoisotopic (exact) mass is 269 g/mol. The molecule has 1 aliphatic rings. The van der Waals surface area contributed by atoms with Crippen LogP contribution in [-0.4, -0.2) is 4.92 Å². The molecule has 0 saturated carbocycles. The lowest BCUT2D eigenvalue weighted by Gasteiger charge is -2.08. The highest BCUT2D eigenvalue weighted by atomic mass is 16.6. The smallest absolute Gasteiger partial charge is 0.292 e. The summed E-state index contributed by atoms with van der Waals surface area (Å²) < 4.78 is 0. The van der Waals surface area contributed by atoms with Gasteiger partial charge in [-0.3, -0.25) is 10.1 Å². The van der Waals surface area contributed by atoms with E-state index in [2.05, 4.69) is 28.8 Å². The van der Waals surface area contributed by atoms with Gasteiger partial charge in [-0.15, -0.1) is 0 Å². The quantitative estimate of drug-likeness (QED) is 0.661. The highest BCUT2D eigenvalue weighted by Crippen LogP contribution is 2.24. The molecular formula is C15H15N3O2. The Balaban J connectivity index is 1.75. The molecule has 1 heterocycles. The zero-order valence-electron chi connectivity index (χ0n) is 10.9. The molecule has 20 heavy (non-hydrogen) atoms. The third kappa shape index (κ3) is 2.48. The summed E-state index contributed by atoms with van der Waals surface area (Å²) in [5, 5.41) is 17.4. The number of anilines is 1. The number of hydrogen-bond donors (Lipinski definition) is 2. The predicted molar refractivity (Wildman–Crippen MR) is 77.4 cm³/mol. The van der Waals surface area contributed by atoms with E-state index < -0.39 is 0 Å². The summed E-state index contributed by atoms with van der Waals surface area (Å²) in [6, 6.07) is 13.0. The molecular weight excluding hydrogens is 254 g/mol. The van der Waals surface area contributed by atoms with Crippen molar-refractivity contribution in [3.05, 3.63) is 69.3 Å². The molecule has 3 rings (SSSR count). The minimum absolute atomic E-state index is 0.107. The van der Waals surface area contributed by atoms with Gasteiger partial charge in [0.25, 0.3) is 5.69 Å². The number of benzene rings is 2. The van der Waals surface area contributed by atoms with Crippen LogP contribution >= 0.6 is 0 Å². The lowest BCUT2D eigenvalue weighted by molar-refractivity contribution is -0.384. The highest BCUT2D eigenvalue weighted by Gasteiger charge is 2.13. The van der Waals surface area contributed by atoms with Crippen molar-refractivity contribution in [2.75, 3.05) is 5.32 Å². The topological polar surface area (TPSA) is 67.2 Å². The van der Waals surface area contributed by atoms with Crippen LogP contribution in [0.3, 0.4) is 0 Å². The normalized spacial score (nSPS) is 13.0. The van der Waals surface area contributed by atoms with Gasteiger partial charge in [0.15, 0.2) is 0 Å². The van der Waals surface area contributed by atoms with Crippen molar-refractivity contribution in [3.8, 4) is 0 Å².